The minimum Gasteiger partial charge on any atom is -0.380 e. The summed E-state index contributed by atoms with van der Waals surface area (Å²) >= 11 is 0. The fraction of sp³-hybridized carbons (Fsp3) is 0.438. The van der Waals surface area contributed by atoms with Gasteiger partial charge in [-0.3, -0.25) is 0 Å². The zero-order chi connectivity index (χ0) is 14.1. The molecule has 0 amide bonds. The lowest BCUT2D eigenvalue weighted by atomic mass is 10.0. The van der Waals surface area contributed by atoms with Gasteiger partial charge < -0.3 is 19.9 Å². The van der Waals surface area contributed by atoms with Crippen LogP contribution in [0.3, 0.4) is 0 Å². The van der Waals surface area contributed by atoms with Crippen molar-refractivity contribution in [2.75, 3.05) is 18.5 Å². The van der Waals surface area contributed by atoms with Crippen molar-refractivity contribution in [2.24, 2.45) is 0 Å². The van der Waals surface area contributed by atoms with Crippen molar-refractivity contribution in [3.8, 4) is 0 Å². The lowest BCUT2D eigenvalue weighted by molar-refractivity contribution is 0.195. The molecule has 2 N–H and O–H groups in total. The van der Waals surface area contributed by atoms with E-state index in [2.05, 4.69) is 32.3 Å². The zero-order valence-corrected chi connectivity index (χ0v) is 13.2. The molecule has 3 heterocycles. The Bertz CT molecular complexity index is 623. The summed E-state index contributed by atoms with van der Waals surface area (Å²) in [5.41, 5.74) is 5.41. The normalized spacial score (nSPS) is 19.7. The highest BCUT2D eigenvalue weighted by atomic mass is 35.5. The van der Waals surface area contributed by atoms with Crippen LogP contribution in [0.4, 0.5) is 5.69 Å². The predicted octanol–water partition coefficient (Wildman–Crippen LogP) is 2.16. The largest absolute Gasteiger partial charge is 0.380 e. The molecule has 0 aliphatic carbocycles. The van der Waals surface area contributed by atoms with E-state index >= 15 is 0 Å². The first-order valence-corrected chi connectivity index (χ1v) is 7.54. The number of benzene rings is 1. The van der Waals surface area contributed by atoms with Gasteiger partial charge in [0.2, 0.25) is 0 Å². The van der Waals surface area contributed by atoms with E-state index in [0.717, 1.165) is 39.3 Å². The van der Waals surface area contributed by atoms with Crippen molar-refractivity contribution in [3.63, 3.8) is 0 Å². The number of imidazole rings is 1. The minimum absolute atomic E-state index is 0. The molecule has 0 unspecified atom stereocenters. The van der Waals surface area contributed by atoms with Crippen LogP contribution in [0, 0.1) is 0 Å². The number of hydrogen-bond donors (Lipinski definition) is 2. The van der Waals surface area contributed by atoms with Gasteiger partial charge in [-0.2, -0.15) is 0 Å². The number of rotatable bonds is 4. The molecular formula is C16H21ClN4O. The molecule has 2 aliphatic heterocycles. The summed E-state index contributed by atoms with van der Waals surface area (Å²) in [4.78, 5) is 4.11. The zero-order valence-electron chi connectivity index (χ0n) is 12.4. The van der Waals surface area contributed by atoms with Crippen molar-refractivity contribution >= 4 is 18.1 Å². The minimum atomic E-state index is 0. The third-order valence-corrected chi connectivity index (χ3v) is 4.23. The SMILES string of the molecule is Cl.c1cn(Cc2cc3c(c(N[C@H]4CCOC4)c2)CNC3)cn1. The van der Waals surface area contributed by atoms with Gasteiger partial charge in [-0.15, -0.1) is 12.4 Å². The highest BCUT2D eigenvalue weighted by Crippen LogP contribution is 2.28. The number of halogens is 1. The van der Waals surface area contributed by atoms with Crippen LogP contribution in [-0.4, -0.2) is 28.8 Å². The van der Waals surface area contributed by atoms with Crippen LogP contribution in [0.25, 0.3) is 0 Å². The van der Waals surface area contributed by atoms with Crippen LogP contribution in [0.15, 0.2) is 30.9 Å². The quantitative estimate of drug-likeness (QED) is 0.906. The standard InChI is InChI=1S/C16H20N4O.ClH/c1-4-21-10-14(1)19-16-6-12(9-20-3-2-17-11-20)5-13-7-18-8-15(13)16;/h2-3,5-6,11,14,18-19H,1,4,7-10H2;1H/t14-;/m0./s1. The molecule has 1 saturated heterocycles. The van der Waals surface area contributed by atoms with E-state index in [-0.39, 0.29) is 12.4 Å². The molecule has 1 aromatic heterocycles. The molecule has 1 fully saturated rings. The maximum absolute atomic E-state index is 5.47. The predicted molar refractivity (Wildman–Crippen MR) is 88.4 cm³/mol. The third kappa shape index (κ3) is 3.11. The number of aromatic nitrogens is 2. The molecule has 118 valence electrons. The van der Waals surface area contributed by atoms with Crippen molar-refractivity contribution < 1.29 is 4.74 Å². The lowest BCUT2D eigenvalue weighted by Gasteiger charge is -2.17. The Labute approximate surface area is 136 Å². The van der Waals surface area contributed by atoms with E-state index in [4.69, 9.17) is 4.74 Å². The van der Waals surface area contributed by atoms with Crippen molar-refractivity contribution in [2.45, 2.75) is 32.1 Å². The Morgan fingerprint density at radius 1 is 1.36 bits per heavy atom. The van der Waals surface area contributed by atoms with E-state index in [1.807, 2.05) is 18.7 Å². The number of nitrogens with zero attached hydrogens (tertiary/aromatic N) is 2. The maximum Gasteiger partial charge on any atom is 0.0949 e. The molecule has 0 bridgehead atoms. The molecule has 5 nitrogen and oxygen atoms in total. The van der Waals surface area contributed by atoms with Crippen LogP contribution in [0.2, 0.25) is 0 Å². The van der Waals surface area contributed by atoms with E-state index in [1.165, 1.54) is 22.4 Å². The van der Waals surface area contributed by atoms with Crippen molar-refractivity contribution in [1.82, 2.24) is 14.9 Å². The van der Waals surface area contributed by atoms with E-state index in [9.17, 15) is 0 Å². The molecule has 2 aromatic rings. The summed E-state index contributed by atoms with van der Waals surface area (Å²) in [5, 5.41) is 7.12. The Kier molecular flexibility index (Phi) is 4.66. The van der Waals surface area contributed by atoms with Gasteiger partial charge >= 0.3 is 0 Å². The summed E-state index contributed by atoms with van der Waals surface area (Å²) in [7, 11) is 0. The summed E-state index contributed by atoms with van der Waals surface area (Å²) < 4.78 is 7.58. The number of hydrogen-bond acceptors (Lipinski definition) is 4. The Balaban J connectivity index is 0.00000144. The number of ether oxygens (including phenoxy) is 1. The Morgan fingerprint density at radius 3 is 3.09 bits per heavy atom. The highest BCUT2D eigenvalue weighted by Gasteiger charge is 2.20. The monoisotopic (exact) mass is 320 g/mol. The number of fused-ring (bicyclic) bond motifs is 1. The van der Waals surface area contributed by atoms with Crippen LogP contribution >= 0.6 is 12.4 Å². The molecule has 22 heavy (non-hydrogen) atoms. The Hall–Kier alpha value is -1.56. The topological polar surface area (TPSA) is 51.1 Å². The van der Waals surface area contributed by atoms with Gasteiger partial charge in [-0.25, -0.2) is 4.98 Å². The van der Waals surface area contributed by atoms with E-state index in [1.54, 1.807) is 0 Å². The average molecular weight is 321 g/mol. The van der Waals surface area contributed by atoms with Gasteiger partial charge in [0.25, 0.3) is 0 Å². The van der Waals surface area contributed by atoms with Gasteiger partial charge in [0.1, 0.15) is 0 Å². The highest BCUT2D eigenvalue weighted by molar-refractivity contribution is 5.85. The van der Waals surface area contributed by atoms with Gasteiger partial charge in [0, 0.05) is 44.3 Å². The van der Waals surface area contributed by atoms with Crippen molar-refractivity contribution in [1.29, 1.82) is 0 Å². The summed E-state index contributed by atoms with van der Waals surface area (Å²) in [5.74, 6) is 0. The average Bonchev–Trinajstić information content (AvgIpc) is 3.19. The Morgan fingerprint density at radius 2 is 2.32 bits per heavy atom. The molecule has 2 aliphatic rings. The molecule has 1 aromatic carbocycles. The van der Waals surface area contributed by atoms with Crippen molar-refractivity contribution in [3.05, 3.63) is 47.5 Å². The van der Waals surface area contributed by atoms with Gasteiger partial charge in [-0.05, 0) is 29.2 Å². The summed E-state index contributed by atoms with van der Waals surface area (Å²) in [6.07, 6.45) is 6.78. The molecule has 0 spiro atoms. The molecule has 0 radical (unpaired) electrons. The third-order valence-electron chi connectivity index (χ3n) is 4.23. The van der Waals surface area contributed by atoms with Gasteiger partial charge in [0.05, 0.1) is 19.0 Å². The van der Waals surface area contributed by atoms with E-state index in [0.29, 0.717) is 6.04 Å². The molecule has 0 saturated carbocycles. The maximum atomic E-state index is 5.47. The van der Waals surface area contributed by atoms with Crippen LogP contribution in [0.1, 0.15) is 23.1 Å². The second-order valence-corrected chi connectivity index (χ2v) is 5.82. The number of nitrogens with one attached hydrogen (secondary N) is 2. The van der Waals surface area contributed by atoms with Crippen LogP contribution in [-0.2, 0) is 24.4 Å². The first-order valence-electron chi connectivity index (χ1n) is 7.54. The second-order valence-electron chi connectivity index (χ2n) is 5.82. The smallest absolute Gasteiger partial charge is 0.0949 e. The number of anilines is 1. The molecular weight excluding hydrogens is 300 g/mol. The lowest BCUT2D eigenvalue weighted by Crippen LogP contribution is -2.20. The second kappa shape index (κ2) is 6.69. The summed E-state index contributed by atoms with van der Waals surface area (Å²) in [6, 6.07) is 5.04. The van der Waals surface area contributed by atoms with Crippen LogP contribution < -0.4 is 10.6 Å². The molecule has 4 rings (SSSR count). The first-order chi connectivity index (χ1) is 10.4. The van der Waals surface area contributed by atoms with Gasteiger partial charge in [-0.1, -0.05) is 6.07 Å². The summed E-state index contributed by atoms with van der Waals surface area (Å²) in [6.45, 7) is 4.46. The van der Waals surface area contributed by atoms with Crippen LogP contribution in [0.5, 0.6) is 0 Å². The fourth-order valence-corrected chi connectivity index (χ4v) is 3.17. The van der Waals surface area contributed by atoms with Gasteiger partial charge in [0.15, 0.2) is 0 Å². The molecule has 6 heteroatoms. The fourth-order valence-electron chi connectivity index (χ4n) is 3.17. The van der Waals surface area contributed by atoms with E-state index < -0.39 is 0 Å². The first kappa shape index (κ1) is 15.3. The molecule has 1 atom stereocenters.